The molecule has 5 nitrogen and oxygen atoms in total. The first kappa shape index (κ1) is 13.6. The molecule has 0 aliphatic heterocycles. The molecule has 0 unspecified atom stereocenters. The lowest BCUT2D eigenvalue weighted by atomic mass is 10.1. The van der Waals surface area contributed by atoms with Crippen molar-refractivity contribution in [3.63, 3.8) is 0 Å². The van der Waals surface area contributed by atoms with E-state index in [4.69, 9.17) is 0 Å². The largest absolute Gasteiger partial charge is 0.267 e. The number of anilines is 1. The van der Waals surface area contributed by atoms with E-state index in [-0.39, 0.29) is 0 Å². The van der Waals surface area contributed by atoms with Gasteiger partial charge in [-0.05, 0) is 44.0 Å². The van der Waals surface area contributed by atoms with Crippen molar-refractivity contribution in [1.29, 1.82) is 0 Å². The van der Waals surface area contributed by atoms with Crippen molar-refractivity contribution < 1.29 is 8.42 Å². The number of aromatic nitrogens is 2. The summed E-state index contributed by atoms with van der Waals surface area (Å²) in [5.74, 6) is 0.449. The number of benzene rings is 1. The van der Waals surface area contributed by atoms with E-state index in [0.717, 1.165) is 28.8 Å². The van der Waals surface area contributed by atoms with E-state index in [2.05, 4.69) is 15.9 Å². The van der Waals surface area contributed by atoms with Crippen molar-refractivity contribution in [2.75, 3.05) is 11.0 Å². The summed E-state index contributed by atoms with van der Waals surface area (Å²) < 4.78 is 26.8. The summed E-state index contributed by atoms with van der Waals surface area (Å²) in [5, 5.41) is 4.34. The zero-order chi connectivity index (χ0) is 14.2. The summed E-state index contributed by atoms with van der Waals surface area (Å²) in [6, 6.07) is 7.70. The zero-order valence-electron chi connectivity index (χ0n) is 11.4. The molecule has 0 bridgehead atoms. The summed E-state index contributed by atoms with van der Waals surface area (Å²) in [4.78, 5) is 0. The van der Waals surface area contributed by atoms with Gasteiger partial charge in [-0.3, -0.25) is 4.72 Å². The molecule has 0 atom stereocenters. The molecule has 0 saturated heterocycles. The number of sulfonamides is 1. The monoisotopic (exact) mass is 279 g/mol. The average molecular weight is 279 g/mol. The third kappa shape index (κ3) is 3.35. The number of nitrogens with zero attached hydrogens (tertiary/aromatic N) is 2. The van der Waals surface area contributed by atoms with Gasteiger partial charge in [0.25, 0.3) is 0 Å². The highest BCUT2D eigenvalue weighted by atomic mass is 32.2. The topological polar surface area (TPSA) is 64.0 Å². The molecule has 2 aromatic rings. The minimum atomic E-state index is -3.33. The quantitative estimate of drug-likeness (QED) is 0.936. The van der Waals surface area contributed by atoms with Gasteiger partial charge in [-0.25, -0.2) is 13.1 Å². The van der Waals surface area contributed by atoms with Gasteiger partial charge in [-0.2, -0.15) is 5.10 Å². The van der Waals surface area contributed by atoms with E-state index in [1.165, 1.54) is 0 Å². The van der Waals surface area contributed by atoms with E-state index in [1.54, 1.807) is 10.7 Å². The van der Waals surface area contributed by atoms with Crippen LogP contribution in [0.15, 0.2) is 24.3 Å². The van der Waals surface area contributed by atoms with Crippen LogP contribution in [-0.2, 0) is 10.0 Å². The van der Waals surface area contributed by atoms with Crippen molar-refractivity contribution in [1.82, 2.24) is 9.78 Å². The van der Waals surface area contributed by atoms with Gasteiger partial charge in [-0.15, -0.1) is 0 Å². The van der Waals surface area contributed by atoms with Crippen LogP contribution in [0.25, 0.3) is 5.69 Å². The van der Waals surface area contributed by atoms with Crippen molar-refractivity contribution in [2.24, 2.45) is 0 Å². The summed E-state index contributed by atoms with van der Waals surface area (Å²) in [5.41, 5.74) is 3.81. The van der Waals surface area contributed by atoms with Gasteiger partial charge in [0.15, 0.2) is 0 Å². The van der Waals surface area contributed by atoms with Crippen LogP contribution in [-0.4, -0.2) is 24.5 Å². The standard InChI is InChI=1S/C13H17N3O2S/c1-9-5-10(2)7-12(6-9)16-13(8-11(3)14-16)15-19(4,17)18/h5-8,15H,1-4H3. The van der Waals surface area contributed by atoms with E-state index in [1.807, 2.05) is 32.9 Å². The van der Waals surface area contributed by atoms with Gasteiger partial charge in [0.2, 0.25) is 10.0 Å². The zero-order valence-corrected chi connectivity index (χ0v) is 12.2. The Morgan fingerprint density at radius 1 is 1.05 bits per heavy atom. The Hall–Kier alpha value is -1.82. The Labute approximate surface area is 113 Å². The molecule has 0 radical (unpaired) electrons. The van der Waals surface area contributed by atoms with Gasteiger partial charge in [-0.1, -0.05) is 6.07 Å². The average Bonchev–Trinajstić information content (AvgIpc) is 2.55. The Balaban J connectivity index is 2.55. The van der Waals surface area contributed by atoms with Crippen LogP contribution < -0.4 is 4.72 Å². The number of aryl methyl sites for hydroxylation is 3. The SMILES string of the molecule is Cc1cc(C)cc(-n2nc(C)cc2NS(C)(=O)=O)c1. The predicted octanol–water partition coefficient (Wildman–Crippen LogP) is 2.17. The minimum absolute atomic E-state index is 0.449. The maximum Gasteiger partial charge on any atom is 0.230 e. The van der Waals surface area contributed by atoms with Crippen LogP contribution in [0.1, 0.15) is 16.8 Å². The molecule has 0 aliphatic carbocycles. The van der Waals surface area contributed by atoms with E-state index < -0.39 is 10.0 Å². The lowest BCUT2D eigenvalue weighted by Crippen LogP contribution is -2.13. The maximum atomic E-state index is 11.4. The Morgan fingerprint density at radius 2 is 1.63 bits per heavy atom. The third-order valence-corrected chi connectivity index (χ3v) is 3.15. The highest BCUT2D eigenvalue weighted by Gasteiger charge is 2.11. The molecule has 102 valence electrons. The molecule has 0 fully saturated rings. The molecular formula is C13H17N3O2S. The molecule has 0 spiro atoms. The van der Waals surface area contributed by atoms with Crippen molar-refractivity contribution >= 4 is 15.8 Å². The van der Waals surface area contributed by atoms with Crippen LogP contribution in [0.3, 0.4) is 0 Å². The summed E-state index contributed by atoms with van der Waals surface area (Å²) in [6.45, 7) is 5.82. The Kier molecular flexibility index (Phi) is 3.36. The summed E-state index contributed by atoms with van der Waals surface area (Å²) in [7, 11) is -3.33. The first-order chi connectivity index (χ1) is 8.74. The highest BCUT2D eigenvalue weighted by Crippen LogP contribution is 2.20. The van der Waals surface area contributed by atoms with Gasteiger partial charge in [0.05, 0.1) is 17.6 Å². The molecule has 1 aromatic heterocycles. The predicted molar refractivity (Wildman–Crippen MR) is 76.2 cm³/mol. The van der Waals surface area contributed by atoms with Crippen LogP contribution in [0, 0.1) is 20.8 Å². The minimum Gasteiger partial charge on any atom is -0.267 e. The first-order valence-corrected chi connectivity index (χ1v) is 7.77. The van der Waals surface area contributed by atoms with Crippen molar-refractivity contribution in [3.8, 4) is 5.69 Å². The van der Waals surface area contributed by atoms with Gasteiger partial charge in [0.1, 0.15) is 5.82 Å². The molecule has 1 aromatic carbocycles. The first-order valence-electron chi connectivity index (χ1n) is 5.88. The second-order valence-corrected chi connectivity index (χ2v) is 6.55. The smallest absolute Gasteiger partial charge is 0.230 e. The molecule has 0 aliphatic rings. The lowest BCUT2D eigenvalue weighted by Gasteiger charge is -2.10. The summed E-state index contributed by atoms with van der Waals surface area (Å²) in [6.07, 6.45) is 1.13. The highest BCUT2D eigenvalue weighted by molar-refractivity contribution is 7.92. The Bertz CT molecular complexity index is 697. The maximum absolute atomic E-state index is 11.4. The molecule has 2 rings (SSSR count). The summed E-state index contributed by atoms with van der Waals surface area (Å²) >= 11 is 0. The number of rotatable bonds is 3. The second-order valence-electron chi connectivity index (χ2n) is 4.80. The fourth-order valence-corrected chi connectivity index (χ4v) is 2.56. The van der Waals surface area contributed by atoms with E-state index >= 15 is 0 Å². The van der Waals surface area contributed by atoms with Gasteiger partial charge in [0, 0.05) is 6.07 Å². The van der Waals surface area contributed by atoms with Gasteiger partial charge >= 0.3 is 0 Å². The van der Waals surface area contributed by atoms with Crippen LogP contribution in [0.2, 0.25) is 0 Å². The molecule has 0 saturated carbocycles. The molecule has 1 N–H and O–H groups in total. The van der Waals surface area contributed by atoms with Crippen LogP contribution in [0.4, 0.5) is 5.82 Å². The molecule has 6 heteroatoms. The molecule has 0 amide bonds. The lowest BCUT2D eigenvalue weighted by molar-refractivity contribution is 0.606. The molecule has 1 heterocycles. The van der Waals surface area contributed by atoms with Crippen molar-refractivity contribution in [2.45, 2.75) is 20.8 Å². The fraction of sp³-hybridized carbons (Fsp3) is 0.308. The third-order valence-electron chi connectivity index (χ3n) is 2.57. The van der Waals surface area contributed by atoms with Gasteiger partial charge < -0.3 is 0 Å². The number of hydrogen-bond acceptors (Lipinski definition) is 3. The number of nitrogens with one attached hydrogen (secondary N) is 1. The molecule has 19 heavy (non-hydrogen) atoms. The van der Waals surface area contributed by atoms with Crippen molar-refractivity contribution in [3.05, 3.63) is 41.1 Å². The van der Waals surface area contributed by atoms with E-state index in [0.29, 0.717) is 5.82 Å². The number of hydrogen-bond donors (Lipinski definition) is 1. The molecular weight excluding hydrogens is 262 g/mol. The fourth-order valence-electron chi connectivity index (χ4n) is 2.03. The Morgan fingerprint density at radius 3 is 2.16 bits per heavy atom. The van der Waals surface area contributed by atoms with Crippen LogP contribution in [0.5, 0.6) is 0 Å². The van der Waals surface area contributed by atoms with E-state index in [9.17, 15) is 8.42 Å². The van der Waals surface area contributed by atoms with Crippen LogP contribution >= 0.6 is 0 Å². The normalized spacial score (nSPS) is 11.6. The second kappa shape index (κ2) is 4.70.